The Balaban J connectivity index is 1.51. The number of carbonyl (C=O) groups excluding carboxylic acids is 2. The van der Waals surface area contributed by atoms with Crippen molar-refractivity contribution in [1.29, 1.82) is 0 Å². The number of ether oxygens (including phenoxy) is 1. The number of halogens is 1. The molecule has 3 N–H and O–H groups in total. The van der Waals surface area contributed by atoms with Gasteiger partial charge in [0, 0.05) is 11.9 Å². The molecule has 1 aromatic heterocycles. The molecule has 2 unspecified atom stereocenters. The molecule has 0 spiro atoms. The van der Waals surface area contributed by atoms with Gasteiger partial charge in [0.05, 0.1) is 5.41 Å². The van der Waals surface area contributed by atoms with Crippen LogP contribution in [0.2, 0.25) is 0 Å². The van der Waals surface area contributed by atoms with Crippen molar-refractivity contribution in [1.82, 2.24) is 9.55 Å². The average Bonchev–Trinajstić information content (AvgIpc) is 2.55. The van der Waals surface area contributed by atoms with E-state index in [1.54, 1.807) is 0 Å². The van der Waals surface area contributed by atoms with Crippen molar-refractivity contribution in [3.05, 3.63) is 26.4 Å². The summed E-state index contributed by atoms with van der Waals surface area (Å²) in [6.45, 7) is -0.587. The summed E-state index contributed by atoms with van der Waals surface area (Å²) in [7, 11) is 1.34. The minimum Gasteiger partial charge on any atom is -0.457 e. The van der Waals surface area contributed by atoms with E-state index in [1.165, 1.54) is 7.05 Å². The number of alkyl halides is 1. The quantitative estimate of drug-likeness (QED) is 0.444. The summed E-state index contributed by atoms with van der Waals surface area (Å²) >= 11 is 6.73. The van der Waals surface area contributed by atoms with Crippen LogP contribution in [0, 0.1) is 17.3 Å². The second-order valence-electron chi connectivity index (χ2n) is 8.47. The summed E-state index contributed by atoms with van der Waals surface area (Å²) in [6, 6.07) is 0. The topological polar surface area (TPSA) is 124 Å². The zero-order valence-corrected chi connectivity index (χ0v) is 15.8. The van der Waals surface area contributed by atoms with Crippen molar-refractivity contribution in [2.24, 2.45) is 24.3 Å². The van der Waals surface area contributed by atoms with Gasteiger partial charge in [-0.1, -0.05) is 0 Å². The predicted molar refractivity (Wildman–Crippen MR) is 97.7 cm³/mol. The van der Waals surface area contributed by atoms with Crippen molar-refractivity contribution in [3.63, 3.8) is 0 Å². The van der Waals surface area contributed by atoms with E-state index in [0.717, 1.165) is 36.7 Å². The van der Waals surface area contributed by atoms with Crippen LogP contribution in [-0.4, -0.2) is 32.8 Å². The van der Waals surface area contributed by atoms with Crippen molar-refractivity contribution in [2.45, 2.75) is 43.4 Å². The maximum absolute atomic E-state index is 12.9. The first-order valence-corrected chi connectivity index (χ1v) is 9.48. The Labute approximate surface area is 160 Å². The van der Waals surface area contributed by atoms with Crippen molar-refractivity contribution in [3.8, 4) is 0 Å². The molecule has 4 atom stereocenters. The molecule has 1 aromatic rings. The molecular formula is C18H22ClN3O5. The van der Waals surface area contributed by atoms with E-state index >= 15 is 0 Å². The zero-order chi connectivity index (χ0) is 19.6. The van der Waals surface area contributed by atoms with Gasteiger partial charge in [-0.3, -0.25) is 23.9 Å². The molecule has 4 fully saturated rings. The van der Waals surface area contributed by atoms with Crippen LogP contribution < -0.4 is 17.0 Å². The normalized spacial score (nSPS) is 33.9. The van der Waals surface area contributed by atoms with E-state index in [-0.39, 0.29) is 16.3 Å². The van der Waals surface area contributed by atoms with Gasteiger partial charge in [0.2, 0.25) is 5.78 Å². The van der Waals surface area contributed by atoms with Gasteiger partial charge >= 0.3 is 11.7 Å². The Hall–Kier alpha value is -2.09. The number of ketones is 1. The smallest absolute Gasteiger partial charge is 0.329 e. The lowest BCUT2D eigenvalue weighted by Gasteiger charge is -2.58. The van der Waals surface area contributed by atoms with Gasteiger partial charge in [0.15, 0.2) is 6.61 Å². The van der Waals surface area contributed by atoms with Crippen LogP contribution in [0.4, 0.5) is 5.82 Å². The third kappa shape index (κ3) is 2.90. The molecule has 8 nitrogen and oxygen atoms in total. The van der Waals surface area contributed by atoms with Crippen LogP contribution >= 0.6 is 11.6 Å². The molecule has 0 saturated heterocycles. The fourth-order valence-electron chi connectivity index (χ4n) is 5.65. The maximum atomic E-state index is 12.9. The highest BCUT2D eigenvalue weighted by atomic mass is 35.5. The lowest BCUT2D eigenvalue weighted by atomic mass is 9.49. The van der Waals surface area contributed by atoms with E-state index in [1.807, 2.05) is 4.98 Å². The standard InChI is InChI=1S/C18H22ClN3O5/c1-22-13(20)12(14(24)21-16(22)26)11(23)7-27-15(25)17-3-9-2-10(4-17)6-18(19,5-9)8-17/h9-10H,2-8,20H2,1H3,(H,21,24,26)/t9-,10+,17?,18?. The Bertz CT molecular complexity index is 935. The summed E-state index contributed by atoms with van der Waals surface area (Å²) < 4.78 is 6.29. The first-order chi connectivity index (χ1) is 12.6. The number of H-pyrrole nitrogens is 1. The van der Waals surface area contributed by atoms with Gasteiger partial charge in [-0.2, -0.15) is 0 Å². The fourth-order valence-corrected chi connectivity index (χ4v) is 6.34. The Kier molecular flexibility index (Phi) is 4.03. The van der Waals surface area contributed by atoms with E-state index in [2.05, 4.69) is 0 Å². The lowest BCUT2D eigenvalue weighted by Crippen LogP contribution is -2.56. The largest absolute Gasteiger partial charge is 0.457 e. The van der Waals surface area contributed by atoms with Gasteiger partial charge in [-0.15, -0.1) is 11.6 Å². The minimum atomic E-state index is -0.883. The number of Topliss-reactive ketones (excluding diaryl/α,β-unsaturated/α-hetero) is 1. The molecule has 5 rings (SSSR count). The highest BCUT2D eigenvalue weighted by molar-refractivity contribution is 6.24. The van der Waals surface area contributed by atoms with Gasteiger partial charge in [0.1, 0.15) is 11.4 Å². The van der Waals surface area contributed by atoms with E-state index in [4.69, 9.17) is 22.1 Å². The molecule has 0 amide bonds. The van der Waals surface area contributed by atoms with Crippen LogP contribution in [-0.2, 0) is 16.6 Å². The summed E-state index contributed by atoms with van der Waals surface area (Å²) in [5.41, 5.74) is 3.12. The van der Waals surface area contributed by atoms with Gasteiger partial charge in [-0.05, 0) is 50.4 Å². The first kappa shape index (κ1) is 18.3. The highest BCUT2D eigenvalue weighted by Gasteiger charge is 2.60. The molecule has 0 aliphatic heterocycles. The summed E-state index contributed by atoms with van der Waals surface area (Å²) in [5, 5.41) is 0. The fraction of sp³-hybridized carbons (Fsp3) is 0.667. The van der Waals surface area contributed by atoms with Gasteiger partial charge < -0.3 is 10.5 Å². The van der Waals surface area contributed by atoms with Gasteiger partial charge in [-0.25, -0.2) is 4.79 Å². The molecule has 4 saturated carbocycles. The first-order valence-electron chi connectivity index (χ1n) is 9.11. The second-order valence-corrected chi connectivity index (χ2v) is 9.27. The molecular weight excluding hydrogens is 374 g/mol. The Morgan fingerprint density at radius 3 is 2.48 bits per heavy atom. The maximum Gasteiger partial charge on any atom is 0.329 e. The number of nitrogen functional groups attached to an aromatic ring is 1. The summed E-state index contributed by atoms with van der Waals surface area (Å²) in [4.78, 5) is 50.4. The number of hydrogen-bond acceptors (Lipinski definition) is 6. The second kappa shape index (κ2) is 5.95. The monoisotopic (exact) mass is 395 g/mol. The number of carbonyl (C=O) groups is 2. The van der Waals surface area contributed by atoms with Crippen molar-refractivity contribution < 1.29 is 14.3 Å². The number of nitrogens with one attached hydrogen (secondary N) is 1. The van der Waals surface area contributed by atoms with Crippen molar-refractivity contribution in [2.75, 3.05) is 12.3 Å². The number of esters is 1. The van der Waals surface area contributed by atoms with E-state index in [0.29, 0.717) is 18.3 Å². The van der Waals surface area contributed by atoms with E-state index < -0.39 is 35.0 Å². The lowest BCUT2D eigenvalue weighted by molar-refractivity contribution is -0.168. The Morgan fingerprint density at radius 2 is 1.89 bits per heavy atom. The molecule has 27 heavy (non-hydrogen) atoms. The number of nitrogens with two attached hydrogens (primary N) is 1. The molecule has 146 valence electrons. The Morgan fingerprint density at radius 1 is 1.26 bits per heavy atom. The van der Waals surface area contributed by atoms with Crippen LogP contribution in [0.3, 0.4) is 0 Å². The molecule has 0 aromatic carbocycles. The molecule has 4 bridgehead atoms. The molecule has 1 heterocycles. The van der Waals surface area contributed by atoms with Crippen LogP contribution in [0.25, 0.3) is 0 Å². The number of aromatic amines is 1. The number of hydrogen-bond donors (Lipinski definition) is 2. The molecule has 0 radical (unpaired) electrons. The van der Waals surface area contributed by atoms with Crippen molar-refractivity contribution >= 4 is 29.2 Å². The van der Waals surface area contributed by atoms with Crippen LogP contribution in [0.5, 0.6) is 0 Å². The minimum absolute atomic E-state index is 0.251. The zero-order valence-electron chi connectivity index (χ0n) is 15.0. The molecule has 4 aliphatic carbocycles. The number of aromatic nitrogens is 2. The predicted octanol–water partition coefficient (Wildman–Crippen LogP) is 0.959. The third-order valence-electron chi connectivity index (χ3n) is 6.41. The van der Waals surface area contributed by atoms with Crippen LogP contribution in [0.15, 0.2) is 9.59 Å². The average molecular weight is 396 g/mol. The third-order valence-corrected chi connectivity index (χ3v) is 6.85. The number of nitrogens with zero attached hydrogens (tertiary/aromatic N) is 1. The van der Waals surface area contributed by atoms with Gasteiger partial charge in [0.25, 0.3) is 5.56 Å². The summed E-state index contributed by atoms with van der Waals surface area (Å²) in [5.74, 6) is -0.555. The van der Waals surface area contributed by atoms with Crippen LogP contribution in [0.1, 0.15) is 48.9 Å². The SMILES string of the molecule is Cn1c(N)c(C(=O)COC(=O)C23C[C@@H]4C[C@@H](CC(Cl)(C4)C2)C3)c(=O)[nH]c1=O. The number of rotatable bonds is 4. The molecule has 4 aliphatic rings. The highest BCUT2D eigenvalue weighted by Crippen LogP contribution is 2.64. The number of anilines is 1. The summed E-state index contributed by atoms with van der Waals surface area (Å²) in [6.07, 6.45) is 5.03. The molecule has 9 heteroatoms. The van der Waals surface area contributed by atoms with E-state index in [9.17, 15) is 19.2 Å².